The van der Waals surface area contributed by atoms with Gasteiger partial charge in [-0.3, -0.25) is 19.7 Å². The summed E-state index contributed by atoms with van der Waals surface area (Å²) in [5.41, 5.74) is 1.30. The van der Waals surface area contributed by atoms with Gasteiger partial charge in [-0.15, -0.1) is 0 Å². The molecule has 9 rings (SSSR count). The summed E-state index contributed by atoms with van der Waals surface area (Å²) in [4.78, 5) is 72.4. The van der Waals surface area contributed by atoms with Crippen LogP contribution in [-0.4, -0.2) is 134 Å². The molecule has 0 radical (unpaired) electrons. The number of benzene rings is 4. The molecule has 5 aliphatic rings. The Bertz CT molecular complexity index is 2630. The molecular weight excluding hydrogens is 903 g/mol. The summed E-state index contributed by atoms with van der Waals surface area (Å²) in [7, 11) is 1.36. The van der Waals surface area contributed by atoms with Crippen LogP contribution >= 0.6 is 0 Å². The summed E-state index contributed by atoms with van der Waals surface area (Å²) in [6, 6.07) is 22.4. The molecule has 0 saturated carbocycles. The Hall–Kier alpha value is -6.37. The van der Waals surface area contributed by atoms with Gasteiger partial charge in [0, 0.05) is 61.8 Å². The maximum absolute atomic E-state index is 14.2. The van der Waals surface area contributed by atoms with Crippen molar-refractivity contribution in [2.45, 2.75) is 89.3 Å². The number of nitrogens with zero attached hydrogens (tertiary/aromatic N) is 2. The number of morpholine rings is 1. The molecule has 2 amide bonds. The number of phenolic OH excluding ortho intramolecular Hbond substituents is 2. The predicted octanol–water partition coefficient (Wildman–Crippen LogP) is 6.81. The van der Waals surface area contributed by atoms with Crippen molar-refractivity contribution in [2.24, 2.45) is 5.92 Å². The van der Waals surface area contributed by atoms with Crippen molar-refractivity contribution in [1.29, 1.82) is 0 Å². The molecule has 70 heavy (non-hydrogen) atoms. The number of phenols is 2. The van der Waals surface area contributed by atoms with E-state index in [4.69, 9.17) is 33.2 Å². The second-order valence-electron chi connectivity index (χ2n) is 18.9. The number of ether oxygens (including phenoxy) is 7. The summed E-state index contributed by atoms with van der Waals surface area (Å²) in [6.07, 6.45) is -3.06. The van der Waals surface area contributed by atoms with Crippen LogP contribution in [0.25, 0.3) is 11.1 Å². The summed E-state index contributed by atoms with van der Waals surface area (Å²) in [6.45, 7) is 7.46. The van der Waals surface area contributed by atoms with E-state index < -0.39 is 77.7 Å². The number of aromatic hydroxyl groups is 2. The highest BCUT2D eigenvalue weighted by atomic mass is 16.7. The summed E-state index contributed by atoms with van der Waals surface area (Å²) in [5, 5.41) is 27.3. The second kappa shape index (κ2) is 20.5. The third kappa shape index (κ3) is 9.85. The van der Waals surface area contributed by atoms with Crippen molar-refractivity contribution in [2.75, 3.05) is 59.7 Å². The number of hydrogen-bond donors (Lipinski definition) is 3. The minimum absolute atomic E-state index is 0.00615. The van der Waals surface area contributed by atoms with Crippen LogP contribution in [0.15, 0.2) is 72.8 Å². The van der Waals surface area contributed by atoms with Gasteiger partial charge in [0.15, 0.2) is 24.5 Å². The van der Waals surface area contributed by atoms with Gasteiger partial charge in [0.05, 0.1) is 55.3 Å². The van der Waals surface area contributed by atoms with Gasteiger partial charge in [0.1, 0.15) is 29.1 Å². The number of rotatable bonds is 11. The molecule has 0 spiro atoms. The van der Waals surface area contributed by atoms with Crippen LogP contribution in [0.4, 0.5) is 9.59 Å². The van der Waals surface area contributed by atoms with Crippen LogP contribution in [0.3, 0.4) is 0 Å². The number of nitrogens with one attached hydrogen (secondary N) is 1. The Labute approximate surface area is 405 Å². The van der Waals surface area contributed by atoms with E-state index in [9.17, 15) is 34.2 Å². The molecule has 6 atom stereocenters. The van der Waals surface area contributed by atoms with Crippen molar-refractivity contribution in [1.82, 2.24) is 15.1 Å². The summed E-state index contributed by atoms with van der Waals surface area (Å²) in [5.74, 6) is -3.80. The van der Waals surface area contributed by atoms with Crippen molar-refractivity contribution < 1.29 is 67.3 Å². The Balaban J connectivity index is 0.873. The first-order valence-electron chi connectivity index (χ1n) is 23.9. The predicted molar refractivity (Wildman–Crippen MR) is 252 cm³/mol. The number of amides is 2. The number of ketones is 3. The molecule has 3 saturated heterocycles. The lowest BCUT2D eigenvalue weighted by Gasteiger charge is -2.40. The number of Topliss-reactive ketones (excluding diaryl/α,β-unsaturated/α-hetero) is 1. The number of hydrogen-bond acceptors (Lipinski definition) is 15. The number of carbonyl (C=O) groups excluding carboxylic acids is 5. The van der Waals surface area contributed by atoms with Crippen LogP contribution in [0.2, 0.25) is 0 Å². The molecule has 17 nitrogen and oxygen atoms in total. The minimum atomic E-state index is -1.11. The highest BCUT2D eigenvalue weighted by Crippen LogP contribution is 2.52. The molecule has 3 N–H and O–H groups in total. The topological polar surface area (TPSA) is 209 Å². The Morgan fingerprint density at radius 2 is 1.53 bits per heavy atom. The zero-order valence-corrected chi connectivity index (χ0v) is 39.8. The molecule has 4 aromatic carbocycles. The highest BCUT2D eigenvalue weighted by molar-refractivity contribution is 6.31. The van der Waals surface area contributed by atoms with Crippen LogP contribution in [0, 0.1) is 5.92 Å². The van der Waals surface area contributed by atoms with Gasteiger partial charge >= 0.3 is 12.2 Å². The van der Waals surface area contributed by atoms with E-state index in [0.717, 1.165) is 16.7 Å². The first-order chi connectivity index (χ1) is 33.7. The lowest BCUT2D eigenvalue weighted by Crippen LogP contribution is -2.49. The molecule has 3 unspecified atom stereocenters. The summed E-state index contributed by atoms with van der Waals surface area (Å²) >= 11 is 0. The Morgan fingerprint density at radius 3 is 2.23 bits per heavy atom. The first kappa shape index (κ1) is 48.6. The highest BCUT2D eigenvalue weighted by Gasteiger charge is 2.45. The quantitative estimate of drug-likeness (QED) is 0.116. The van der Waals surface area contributed by atoms with Crippen molar-refractivity contribution >= 4 is 29.5 Å². The smallest absolute Gasteiger partial charge is 0.410 e. The van der Waals surface area contributed by atoms with Crippen molar-refractivity contribution in [3.8, 4) is 28.4 Å². The SMILES string of the molecule is COc1cccc2c1C(=O)c1c(O)c3c(c(O)c1C2=O)CC(C(=O)COC(=O)N1CCCN(C(=O)OC(C)(C)c2ccc(-c4ccccc4)cc2)CC1)C[C@@H]3OC1CC[C@H](OC2COCCN2)[C@H](C)O1. The monoisotopic (exact) mass is 961 g/mol. The number of methoxy groups -OCH3 is 1. The molecule has 3 heterocycles. The van der Waals surface area contributed by atoms with E-state index in [1.807, 2.05) is 75.4 Å². The largest absolute Gasteiger partial charge is 0.507 e. The minimum Gasteiger partial charge on any atom is -0.507 e. The molecular formula is C53H59N3O14. The molecule has 3 aliphatic heterocycles. The van der Waals surface area contributed by atoms with Crippen LogP contribution < -0.4 is 10.1 Å². The van der Waals surface area contributed by atoms with E-state index >= 15 is 0 Å². The van der Waals surface area contributed by atoms with Gasteiger partial charge in [0.2, 0.25) is 5.78 Å². The Morgan fingerprint density at radius 1 is 0.814 bits per heavy atom. The molecule has 370 valence electrons. The van der Waals surface area contributed by atoms with E-state index in [2.05, 4.69) is 5.32 Å². The van der Waals surface area contributed by atoms with E-state index in [0.29, 0.717) is 45.6 Å². The van der Waals surface area contributed by atoms with Gasteiger partial charge in [0.25, 0.3) is 0 Å². The standard InChI is InChI=1S/C53H59N3O14/c1-30-38(68-41-29-65-25-20-54-41)18-19-42(67-30)69-40-27-33(26-36-44(40)50(61)46-45(48(36)59)47(58)35-12-8-13-39(64-4)43(35)49(46)60)37(57)28-66-51(62)55-21-9-22-56(24-23-55)52(63)70-53(2,3)34-16-14-32(15-17-34)31-10-6-5-7-11-31/h5-8,10-17,30,33,38,40-42,54,59,61H,9,18-29H2,1-4H3/t30-,33?,38-,40-,41?,42?/m0/s1. The molecule has 4 aromatic rings. The number of carbonyl (C=O) groups is 5. The average molecular weight is 962 g/mol. The summed E-state index contributed by atoms with van der Waals surface area (Å²) < 4.78 is 41.7. The molecule has 2 aliphatic carbocycles. The van der Waals surface area contributed by atoms with Gasteiger partial charge in [-0.05, 0) is 69.2 Å². The third-order valence-electron chi connectivity index (χ3n) is 14.0. The molecule has 0 aromatic heterocycles. The van der Waals surface area contributed by atoms with Gasteiger partial charge in [-0.25, -0.2) is 9.59 Å². The number of fused-ring (bicyclic) bond motifs is 3. The second-order valence-corrected chi connectivity index (χ2v) is 18.9. The van der Waals surface area contributed by atoms with Gasteiger partial charge in [-0.1, -0.05) is 66.7 Å². The van der Waals surface area contributed by atoms with Crippen molar-refractivity contribution in [3.63, 3.8) is 0 Å². The van der Waals surface area contributed by atoms with E-state index in [1.54, 1.807) is 11.0 Å². The third-order valence-corrected chi connectivity index (χ3v) is 14.0. The normalized spacial score (nSPS) is 23.6. The zero-order chi connectivity index (χ0) is 49.3. The van der Waals surface area contributed by atoms with Crippen LogP contribution in [-0.2, 0) is 45.2 Å². The fourth-order valence-corrected chi connectivity index (χ4v) is 10.1. The van der Waals surface area contributed by atoms with E-state index in [-0.39, 0.29) is 83.9 Å². The maximum Gasteiger partial charge on any atom is 0.410 e. The van der Waals surface area contributed by atoms with Crippen LogP contribution in [0.1, 0.15) is 101 Å². The zero-order valence-electron chi connectivity index (χ0n) is 39.8. The maximum atomic E-state index is 14.2. The molecule has 3 fully saturated rings. The van der Waals surface area contributed by atoms with Gasteiger partial charge in [-0.2, -0.15) is 0 Å². The van der Waals surface area contributed by atoms with Gasteiger partial charge < -0.3 is 53.2 Å². The fraction of sp³-hybridized carbons (Fsp3) is 0.453. The first-order valence-corrected chi connectivity index (χ1v) is 23.9. The lowest BCUT2D eigenvalue weighted by molar-refractivity contribution is -0.255. The fourth-order valence-electron chi connectivity index (χ4n) is 10.1. The van der Waals surface area contributed by atoms with E-state index in [1.165, 1.54) is 24.1 Å². The lowest BCUT2D eigenvalue weighted by atomic mass is 9.73. The van der Waals surface area contributed by atoms with Crippen molar-refractivity contribution in [3.05, 3.63) is 112 Å². The average Bonchev–Trinajstić information content (AvgIpc) is 3.64. The molecule has 0 bridgehead atoms. The molecule has 17 heteroatoms. The van der Waals surface area contributed by atoms with Crippen LogP contribution in [0.5, 0.6) is 17.2 Å². The Kier molecular flexibility index (Phi) is 14.3.